The Morgan fingerprint density at radius 2 is 0.911 bits per heavy atom. The second kappa shape index (κ2) is 12.8. The summed E-state index contributed by atoms with van der Waals surface area (Å²) in [7, 11) is 0. The lowest BCUT2D eigenvalue weighted by atomic mass is 10.1. The Morgan fingerprint density at radius 1 is 0.467 bits per heavy atom. The monoisotopic (exact) mass is 580 g/mol. The number of rotatable bonds is 5. The van der Waals surface area contributed by atoms with Gasteiger partial charge in [-0.25, -0.2) is 4.39 Å². The van der Waals surface area contributed by atoms with Gasteiger partial charge < -0.3 is 9.88 Å². The van der Waals surface area contributed by atoms with Crippen LogP contribution in [0.3, 0.4) is 0 Å². The van der Waals surface area contributed by atoms with Gasteiger partial charge in [0.1, 0.15) is 5.82 Å². The minimum atomic E-state index is -0.216. The van der Waals surface area contributed by atoms with Crippen LogP contribution in [-0.2, 0) is 13.1 Å². The van der Waals surface area contributed by atoms with Gasteiger partial charge in [0.2, 0.25) is 0 Å². The third-order valence-electron chi connectivity index (χ3n) is 7.78. The highest BCUT2D eigenvalue weighted by Gasteiger charge is 2.13. The van der Waals surface area contributed by atoms with Crippen LogP contribution in [0.2, 0.25) is 0 Å². The number of hydrogen-bond acceptors (Lipinski definition) is 1. The molecule has 0 aliphatic heterocycles. The second-order valence-electron chi connectivity index (χ2n) is 10.9. The summed E-state index contributed by atoms with van der Waals surface area (Å²) in [4.78, 5) is 0. The van der Waals surface area contributed by atoms with Crippen LogP contribution in [0.25, 0.3) is 27.5 Å². The van der Waals surface area contributed by atoms with E-state index in [1.807, 2.05) is 72.8 Å². The van der Waals surface area contributed by atoms with Crippen LogP contribution in [0.1, 0.15) is 33.4 Å². The predicted octanol–water partition coefficient (Wildman–Crippen LogP) is 9.01. The van der Waals surface area contributed by atoms with E-state index in [4.69, 9.17) is 0 Å². The van der Waals surface area contributed by atoms with Crippen LogP contribution in [0.4, 0.5) is 4.39 Å². The predicted molar refractivity (Wildman–Crippen MR) is 183 cm³/mol. The van der Waals surface area contributed by atoms with Crippen molar-refractivity contribution in [3.8, 4) is 29.4 Å². The fourth-order valence-corrected chi connectivity index (χ4v) is 5.50. The van der Waals surface area contributed by atoms with Gasteiger partial charge in [0.15, 0.2) is 0 Å². The lowest BCUT2D eigenvalue weighted by Crippen LogP contribution is -2.12. The molecule has 2 nitrogen and oxygen atoms in total. The summed E-state index contributed by atoms with van der Waals surface area (Å²) in [6.45, 7) is 1.40. The minimum absolute atomic E-state index is 0.216. The molecule has 214 valence electrons. The van der Waals surface area contributed by atoms with E-state index < -0.39 is 0 Å². The van der Waals surface area contributed by atoms with E-state index in [0.29, 0.717) is 6.54 Å². The van der Waals surface area contributed by atoms with E-state index in [9.17, 15) is 4.39 Å². The van der Waals surface area contributed by atoms with Crippen molar-refractivity contribution in [1.82, 2.24) is 9.88 Å². The molecule has 3 heteroatoms. The molecule has 1 heterocycles. The molecule has 0 bridgehead atoms. The summed E-state index contributed by atoms with van der Waals surface area (Å²) < 4.78 is 15.5. The molecule has 0 radical (unpaired) electrons. The quantitative estimate of drug-likeness (QED) is 0.201. The maximum atomic E-state index is 13.2. The molecule has 0 saturated heterocycles. The van der Waals surface area contributed by atoms with Crippen molar-refractivity contribution in [1.29, 1.82) is 0 Å². The first kappa shape index (κ1) is 27.9. The number of halogens is 1. The molecule has 1 aromatic heterocycles. The Hall–Kier alpha value is -5.87. The molecule has 0 aliphatic carbocycles. The number of benzene rings is 6. The van der Waals surface area contributed by atoms with Crippen LogP contribution >= 0.6 is 0 Å². The fraction of sp³-hybridized carbons (Fsp3) is 0.0476. The van der Waals surface area contributed by atoms with E-state index in [0.717, 1.165) is 61.9 Å². The number of hydrogen-bond donors (Lipinski definition) is 1. The highest BCUT2D eigenvalue weighted by molar-refractivity contribution is 6.10. The van der Waals surface area contributed by atoms with Gasteiger partial charge in [0, 0.05) is 51.8 Å². The summed E-state index contributed by atoms with van der Waals surface area (Å²) >= 11 is 0. The van der Waals surface area contributed by atoms with Crippen LogP contribution in [0, 0.1) is 29.5 Å². The number of aromatic nitrogens is 1. The average Bonchev–Trinajstić information content (AvgIpc) is 3.41. The molecule has 6 aromatic carbocycles. The van der Waals surface area contributed by atoms with E-state index in [1.54, 1.807) is 0 Å². The third kappa shape index (κ3) is 6.41. The molecule has 0 spiro atoms. The maximum Gasteiger partial charge on any atom is 0.123 e. The molecule has 7 rings (SSSR count). The van der Waals surface area contributed by atoms with Crippen LogP contribution in [-0.4, -0.2) is 4.57 Å². The normalized spacial score (nSPS) is 10.7. The molecule has 45 heavy (non-hydrogen) atoms. The highest BCUT2D eigenvalue weighted by atomic mass is 19.1. The molecule has 0 fully saturated rings. The Labute approximate surface area is 262 Å². The first-order chi connectivity index (χ1) is 22.2. The molecule has 1 N–H and O–H groups in total. The largest absolute Gasteiger partial charge is 0.309 e. The lowest BCUT2D eigenvalue weighted by molar-refractivity contribution is 0.625. The Balaban J connectivity index is 1.24. The number of nitrogens with one attached hydrogen (secondary N) is 1. The van der Waals surface area contributed by atoms with Gasteiger partial charge in [-0.3, -0.25) is 0 Å². The molecule has 0 unspecified atom stereocenters. The van der Waals surface area contributed by atoms with Crippen LogP contribution in [0.5, 0.6) is 0 Å². The summed E-state index contributed by atoms with van der Waals surface area (Å²) in [6, 6.07) is 48.3. The Bertz CT molecular complexity index is 2110. The summed E-state index contributed by atoms with van der Waals surface area (Å²) in [5.74, 6) is 13.1. The van der Waals surface area contributed by atoms with Gasteiger partial charge in [-0.1, -0.05) is 84.3 Å². The zero-order valence-electron chi connectivity index (χ0n) is 24.6. The molecular formula is C42H29FN2. The van der Waals surface area contributed by atoms with Gasteiger partial charge in [0.25, 0.3) is 0 Å². The van der Waals surface area contributed by atoms with E-state index in [1.165, 1.54) is 17.7 Å². The average molecular weight is 581 g/mol. The molecule has 7 aromatic rings. The smallest absolute Gasteiger partial charge is 0.123 e. The van der Waals surface area contributed by atoms with Gasteiger partial charge >= 0.3 is 0 Å². The first-order valence-electron chi connectivity index (χ1n) is 15.0. The second-order valence-corrected chi connectivity index (χ2v) is 10.9. The summed E-state index contributed by atoms with van der Waals surface area (Å²) in [6.07, 6.45) is 0. The van der Waals surface area contributed by atoms with E-state index >= 15 is 0 Å². The van der Waals surface area contributed by atoms with Crippen molar-refractivity contribution in [3.05, 3.63) is 185 Å². The van der Waals surface area contributed by atoms with Crippen LogP contribution < -0.4 is 5.32 Å². The van der Waals surface area contributed by atoms with Gasteiger partial charge in [-0.2, -0.15) is 0 Å². The van der Waals surface area contributed by atoms with Gasteiger partial charge in [0.05, 0.1) is 11.0 Å². The number of nitrogens with zero attached hydrogens (tertiary/aromatic N) is 1. The third-order valence-corrected chi connectivity index (χ3v) is 7.78. The highest BCUT2D eigenvalue weighted by Crippen LogP contribution is 2.33. The first-order valence-corrected chi connectivity index (χ1v) is 15.0. The molecule has 0 aliphatic rings. The molecule has 0 atom stereocenters. The lowest BCUT2D eigenvalue weighted by Gasteiger charge is -2.10. The Morgan fingerprint density at radius 3 is 1.40 bits per heavy atom. The Kier molecular flexibility index (Phi) is 7.93. The van der Waals surface area contributed by atoms with E-state index in [2.05, 4.69) is 94.2 Å². The zero-order valence-corrected chi connectivity index (χ0v) is 24.6. The van der Waals surface area contributed by atoms with Crippen LogP contribution in [0.15, 0.2) is 146 Å². The SMILES string of the molecule is Fc1ccc(CNCc2ccc(-n3c4ccc(C#Cc5ccccc5)cc4c4cc(C#Cc5ccccc5)ccc43)cc2)cc1. The van der Waals surface area contributed by atoms with Gasteiger partial charge in [-0.15, -0.1) is 0 Å². The standard InChI is InChI=1S/C42H29FN2/c43-37-21-15-35(16-22-37)29-44-30-36-17-23-38(24-18-36)45-41-25-19-33(13-11-31-7-3-1-4-8-31)27-39(41)40-28-34(20-26-42(40)45)14-12-32-9-5-2-6-10-32/h1-10,15-28,44H,29-30H2. The fourth-order valence-electron chi connectivity index (χ4n) is 5.50. The zero-order chi connectivity index (χ0) is 30.4. The van der Waals surface area contributed by atoms with E-state index in [-0.39, 0.29) is 5.82 Å². The maximum absolute atomic E-state index is 13.2. The molecule has 0 saturated carbocycles. The summed E-state index contributed by atoms with van der Waals surface area (Å²) in [5.41, 5.74) is 9.47. The topological polar surface area (TPSA) is 17.0 Å². The van der Waals surface area contributed by atoms with Crippen molar-refractivity contribution in [2.24, 2.45) is 0 Å². The van der Waals surface area contributed by atoms with Crippen molar-refractivity contribution < 1.29 is 4.39 Å². The minimum Gasteiger partial charge on any atom is -0.309 e. The number of fused-ring (bicyclic) bond motifs is 3. The van der Waals surface area contributed by atoms with Crippen molar-refractivity contribution >= 4 is 21.8 Å². The van der Waals surface area contributed by atoms with Crippen molar-refractivity contribution in [2.45, 2.75) is 13.1 Å². The van der Waals surface area contributed by atoms with Crippen molar-refractivity contribution in [2.75, 3.05) is 0 Å². The summed E-state index contributed by atoms with van der Waals surface area (Å²) in [5, 5.41) is 5.73. The molecule has 0 amide bonds. The molecular weight excluding hydrogens is 551 g/mol. The van der Waals surface area contributed by atoms with Gasteiger partial charge in [-0.05, 0) is 96.1 Å². The van der Waals surface area contributed by atoms with Crippen molar-refractivity contribution in [3.63, 3.8) is 0 Å².